The van der Waals surface area contributed by atoms with Crippen molar-refractivity contribution in [1.82, 2.24) is 14.8 Å². The van der Waals surface area contributed by atoms with E-state index in [1.54, 1.807) is 24.3 Å². The average Bonchev–Trinajstić information content (AvgIpc) is 3.26. The molecule has 2 aliphatic rings. The van der Waals surface area contributed by atoms with Crippen LogP contribution in [0.2, 0.25) is 0 Å². The lowest BCUT2D eigenvalue weighted by atomic mass is 9.86. The number of hydrogen-bond donors (Lipinski definition) is 1. The maximum Gasteiger partial charge on any atom is 0.271 e. The lowest BCUT2D eigenvalue weighted by Gasteiger charge is -2.44. The Morgan fingerprint density at radius 2 is 2.11 bits per heavy atom. The topological polar surface area (TPSA) is 76.7 Å². The van der Waals surface area contributed by atoms with Crippen LogP contribution in [0.1, 0.15) is 50.0 Å². The second-order valence-electron chi connectivity index (χ2n) is 8.44. The molecule has 1 N–H and O–H groups in total. The number of carbonyl (C=O) groups excluding carboxylic acids is 2. The molecule has 0 spiro atoms. The molecule has 1 fully saturated rings. The Kier molecular flexibility index (Phi) is 4.95. The number of nitrogens with zero attached hydrogens (tertiary/aromatic N) is 2. The third-order valence-electron chi connectivity index (χ3n) is 6.41. The van der Waals surface area contributed by atoms with Crippen molar-refractivity contribution < 1.29 is 18.7 Å². The molecule has 2 amide bonds. The zero-order valence-corrected chi connectivity index (χ0v) is 16.9. The number of fused-ring (bicyclic) bond motifs is 3. The molecule has 0 saturated heterocycles. The quantitative estimate of drug-likeness (QED) is 0.856. The first kappa shape index (κ1) is 19.1. The molecule has 1 saturated carbocycles. The van der Waals surface area contributed by atoms with Crippen LogP contribution >= 0.6 is 0 Å². The van der Waals surface area contributed by atoms with Gasteiger partial charge in [0, 0.05) is 31.8 Å². The van der Waals surface area contributed by atoms with E-state index in [1.807, 2.05) is 17.6 Å². The summed E-state index contributed by atoms with van der Waals surface area (Å²) in [5, 5.41) is 3.23. The van der Waals surface area contributed by atoms with Crippen molar-refractivity contribution in [3.8, 4) is 0 Å². The largest absolute Gasteiger partial charge is 0.463 e. The summed E-state index contributed by atoms with van der Waals surface area (Å²) in [7, 11) is 1.60. The van der Waals surface area contributed by atoms with E-state index >= 15 is 0 Å². The summed E-state index contributed by atoms with van der Waals surface area (Å²) in [5.74, 6) is 0.465. The number of methoxy groups -OCH3 is 1. The van der Waals surface area contributed by atoms with Crippen LogP contribution in [-0.2, 0) is 16.1 Å². The summed E-state index contributed by atoms with van der Waals surface area (Å²) in [5.41, 5.74) is 1.10. The monoisotopic (exact) mass is 387 g/mol. The van der Waals surface area contributed by atoms with Gasteiger partial charge in [-0.3, -0.25) is 9.59 Å². The normalized spacial score (nSPS) is 27.8. The number of nitrogens with one attached hydrogen (secondary N) is 1. The van der Waals surface area contributed by atoms with E-state index in [0.717, 1.165) is 37.1 Å². The molecule has 0 bridgehead atoms. The molecule has 0 aromatic carbocycles. The van der Waals surface area contributed by atoms with E-state index in [9.17, 15) is 9.59 Å². The number of aromatic nitrogens is 1. The van der Waals surface area contributed by atoms with Crippen molar-refractivity contribution in [2.75, 3.05) is 20.3 Å². The first-order valence-corrected chi connectivity index (χ1v) is 10.1. The van der Waals surface area contributed by atoms with Gasteiger partial charge in [0.05, 0.1) is 24.9 Å². The van der Waals surface area contributed by atoms with Crippen LogP contribution in [0, 0.1) is 5.92 Å². The Bertz CT molecular complexity index is 877. The molecule has 152 valence electrons. The van der Waals surface area contributed by atoms with Gasteiger partial charge in [0.1, 0.15) is 11.2 Å². The summed E-state index contributed by atoms with van der Waals surface area (Å²) in [6, 6.07) is 3.79. The van der Waals surface area contributed by atoms with Gasteiger partial charge in [-0.25, -0.2) is 0 Å². The van der Waals surface area contributed by atoms with Gasteiger partial charge in [0.15, 0.2) is 5.58 Å². The highest BCUT2D eigenvalue weighted by atomic mass is 16.5. The smallest absolute Gasteiger partial charge is 0.271 e. The number of hydrogen-bond acceptors (Lipinski definition) is 4. The maximum atomic E-state index is 13.4. The summed E-state index contributed by atoms with van der Waals surface area (Å²) >= 11 is 0. The van der Waals surface area contributed by atoms with Crippen LogP contribution in [-0.4, -0.2) is 53.1 Å². The SMILES string of the molecule is COCCN1C(=O)c2cc3occc3n2C[C@@]1(C)C(=O)NC1CCC(C)CC1. The van der Waals surface area contributed by atoms with Crippen LogP contribution in [0.4, 0.5) is 0 Å². The number of amides is 2. The van der Waals surface area contributed by atoms with Gasteiger partial charge >= 0.3 is 0 Å². The lowest BCUT2D eigenvalue weighted by molar-refractivity contribution is -0.134. The minimum atomic E-state index is -0.977. The molecule has 2 aromatic rings. The molecule has 1 aliphatic heterocycles. The molecular weight excluding hydrogens is 358 g/mol. The van der Waals surface area contributed by atoms with Crippen molar-refractivity contribution in [2.24, 2.45) is 5.92 Å². The van der Waals surface area contributed by atoms with Crippen LogP contribution in [0.25, 0.3) is 11.1 Å². The van der Waals surface area contributed by atoms with E-state index in [-0.39, 0.29) is 17.9 Å². The van der Waals surface area contributed by atoms with Gasteiger partial charge in [0.2, 0.25) is 5.91 Å². The molecule has 1 aliphatic carbocycles. The van der Waals surface area contributed by atoms with E-state index in [0.29, 0.717) is 31.0 Å². The molecule has 2 aromatic heterocycles. The molecule has 0 unspecified atom stereocenters. The second kappa shape index (κ2) is 7.28. The summed E-state index contributed by atoms with van der Waals surface area (Å²) < 4.78 is 12.6. The minimum Gasteiger partial charge on any atom is -0.463 e. The molecule has 0 radical (unpaired) electrons. The average molecular weight is 387 g/mol. The van der Waals surface area contributed by atoms with Crippen LogP contribution in [0.15, 0.2) is 22.8 Å². The van der Waals surface area contributed by atoms with Crippen molar-refractivity contribution in [3.63, 3.8) is 0 Å². The molecule has 1 atom stereocenters. The Hall–Kier alpha value is -2.28. The standard InChI is InChI=1S/C21H29N3O4/c1-14-4-6-15(7-5-14)22-20(26)21(2)13-23-16-8-10-28-18(16)12-17(23)19(25)24(21)9-11-27-3/h8,10,12,14-15H,4-7,9,11,13H2,1-3H3,(H,22,26)/t14?,15?,21-/m0/s1. The van der Waals surface area contributed by atoms with E-state index in [1.165, 1.54) is 0 Å². The van der Waals surface area contributed by atoms with Gasteiger partial charge in [-0.1, -0.05) is 6.92 Å². The van der Waals surface area contributed by atoms with Gasteiger partial charge in [-0.2, -0.15) is 0 Å². The predicted octanol–water partition coefficient (Wildman–Crippen LogP) is 2.79. The Labute approximate surface area is 165 Å². The predicted molar refractivity (Wildman–Crippen MR) is 105 cm³/mol. The van der Waals surface area contributed by atoms with Gasteiger partial charge < -0.3 is 23.9 Å². The molecule has 4 rings (SSSR count). The Morgan fingerprint density at radius 3 is 2.82 bits per heavy atom. The molecule has 7 heteroatoms. The first-order valence-electron chi connectivity index (χ1n) is 10.1. The maximum absolute atomic E-state index is 13.4. The third-order valence-corrected chi connectivity index (χ3v) is 6.41. The van der Waals surface area contributed by atoms with Crippen LogP contribution in [0.5, 0.6) is 0 Å². The van der Waals surface area contributed by atoms with Gasteiger partial charge in [-0.05, 0) is 38.5 Å². The lowest BCUT2D eigenvalue weighted by Crippen LogP contribution is -2.65. The second-order valence-corrected chi connectivity index (χ2v) is 8.44. The summed E-state index contributed by atoms with van der Waals surface area (Å²) in [4.78, 5) is 28.3. The number of carbonyl (C=O) groups is 2. The fourth-order valence-electron chi connectivity index (χ4n) is 4.55. The molecule has 28 heavy (non-hydrogen) atoms. The fourth-order valence-corrected chi connectivity index (χ4v) is 4.55. The zero-order valence-electron chi connectivity index (χ0n) is 16.9. The van der Waals surface area contributed by atoms with Crippen molar-refractivity contribution in [3.05, 3.63) is 24.1 Å². The van der Waals surface area contributed by atoms with E-state index in [2.05, 4.69) is 12.2 Å². The fraction of sp³-hybridized carbons (Fsp3) is 0.619. The number of furan rings is 1. The third kappa shape index (κ3) is 3.11. The highest BCUT2D eigenvalue weighted by Gasteiger charge is 2.48. The zero-order chi connectivity index (χ0) is 19.9. The Balaban J connectivity index is 1.64. The van der Waals surface area contributed by atoms with E-state index < -0.39 is 5.54 Å². The highest BCUT2D eigenvalue weighted by Crippen LogP contribution is 2.33. The minimum absolute atomic E-state index is 0.0903. The van der Waals surface area contributed by atoms with Crippen LogP contribution < -0.4 is 5.32 Å². The number of rotatable bonds is 5. The van der Waals surface area contributed by atoms with Crippen molar-refractivity contribution >= 4 is 22.9 Å². The van der Waals surface area contributed by atoms with Crippen molar-refractivity contribution in [2.45, 2.75) is 57.7 Å². The number of ether oxygens (including phenoxy) is 1. The van der Waals surface area contributed by atoms with E-state index in [4.69, 9.17) is 9.15 Å². The molecular formula is C21H29N3O4. The summed E-state index contributed by atoms with van der Waals surface area (Å²) in [6.07, 6.45) is 5.86. The Morgan fingerprint density at radius 1 is 1.36 bits per heavy atom. The van der Waals surface area contributed by atoms with Gasteiger partial charge in [-0.15, -0.1) is 0 Å². The van der Waals surface area contributed by atoms with Crippen molar-refractivity contribution in [1.29, 1.82) is 0 Å². The highest BCUT2D eigenvalue weighted by molar-refractivity contribution is 6.02. The molecule has 7 nitrogen and oxygen atoms in total. The summed E-state index contributed by atoms with van der Waals surface area (Å²) in [6.45, 7) is 5.27. The van der Waals surface area contributed by atoms with Gasteiger partial charge in [0.25, 0.3) is 5.91 Å². The first-order chi connectivity index (χ1) is 13.4. The van der Waals surface area contributed by atoms with Crippen LogP contribution in [0.3, 0.4) is 0 Å². The molecule has 3 heterocycles.